The molecule has 1 atom stereocenters. The van der Waals surface area contributed by atoms with Gasteiger partial charge in [-0.15, -0.1) is 0 Å². The van der Waals surface area contributed by atoms with Crippen molar-refractivity contribution >= 4 is 11.8 Å². The maximum atomic E-state index is 13.4. The fraction of sp³-hybridized carbons (Fsp3) is 0.417. The van der Waals surface area contributed by atoms with E-state index in [-0.39, 0.29) is 31.2 Å². The molecule has 0 radical (unpaired) electrons. The highest BCUT2D eigenvalue weighted by Gasteiger charge is 2.55. The van der Waals surface area contributed by atoms with Gasteiger partial charge in [0.2, 0.25) is 18.6 Å². The molecule has 5 rings (SSSR count). The van der Waals surface area contributed by atoms with Crippen LogP contribution in [0.25, 0.3) is 0 Å². The molecular formula is C24H23F3N2O4. The number of hydrogen-bond donors (Lipinski definition) is 1. The van der Waals surface area contributed by atoms with Crippen LogP contribution in [0, 0.1) is 0 Å². The summed E-state index contributed by atoms with van der Waals surface area (Å²) in [6.07, 6.45) is -1.33. The Morgan fingerprint density at radius 1 is 1.06 bits per heavy atom. The molecule has 174 valence electrons. The number of carbonyl (C=O) groups is 2. The van der Waals surface area contributed by atoms with Gasteiger partial charge in [0.25, 0.3) is 0 Å². The van der Waals surface area contributed by atoms with Gasteiger partial charge in [-0.2, -0.15) is 13.2 Å². The van der Waals surface area contributed by atoms with Crippen molar-refractivity contribution in [2.45, 2.75) is 56.4 Å². The molecule has 2 amide bonds. The first-order valence-electron chi connectivity index (χ1n) is 10.9. The van der Waals surface area contributed by atoms with E-state index in [0.717, 1.165) is 30.5 Å². The highest BCUT2D eigenvalue weighted by molar-refractivity contribution is 5.95. The molecular weight excluding hydrogens is 437 g/mol. The highest BCUT2D eigenvalue weighted by atomic mass is 19.4. The predicted molar refractivity (Wildman–Crippen MR) is 111 cm³/mol. The Morgan fingerprint density at radius 2 is 1.76 bits per heavy atom. The lowest BCUT2D eigenvalue weighted by atomic mass is 9.83. The molecule has 0 bridgehead atoms. The van der Waals surface area contributed by atoms with Gasteiger partial charge in [-0.25, -0.2) is 0 Å². The maximum absolute atomic E-state index is 13.4. The summed E-state index contributed by atoms with van der Waals surface area (Å²) in [5, 5.41) is 2.86. The van der Waals surface area contributed by atoms with E-state index in [0.29, 0.717) is 36.3 Å². The highest BCUT2D eigenvalue weighted by Crippen LogP contribution is 2.48. The second-order valence-corrected chi connectivity index (χ2v) is 8.71. The van der Waals surface area contributed by atoms with Crippen LogP contribution >= 0.6 is 0 Å². The molecule has 1 unspecified atom stereocenters. The van der Waals surface area contributed by atoms with Gasteiger partial charge in [0.1, 0.15) is 5.54 Å². The Labute approximate surface area is 188 Å². The van der Waals surface area contributed by atoms with E-state index in [1.54, 1.807) is 4.90 Å². The summed E-state index contributed by atoms with van der Waals surface area (Å²) in [6, 6.07) is 10.0. The Morgan fingerprint density at radius 3 is 2.42 bits per heavy atom. The molecule has 2 aromatic rings. The van der Waals surface area contributed by atoms with Crippen molar-refractivity contribution in [2.75, 3.05) is 6.79 Å². The largest absolute Gasteiger partial charge is 0.454 e. The third-order valence-electron chi connectivity index (χ3n) is 6.78. The smallest absolute Gasteiger partial charge is 0.416 e. The van der Waals surface area contributed by atoms with Gasteiger partial charge in [-0.05, 0) is 48.2 Å². The fourth-order valence-corrected chi connectivity index (χ4v) is 5.04. The number of hydrogen-bond acceptors (Lipinski definition) is 4. The number of benzene rings is 2. The molecule has 33 heavy (non-hydrogen) atoms. The van der Waals surface area contributed by atoms with Gasteiger partial charge >= 0.3 is 6.18 Å². The van der Waals surface area contributed by atoms with Crippen LogP contribution in [-0.2, 0) is 22.3 Å². The summed E-state index contributed by atoms with van der Waals surface area (Å²) in [6.45, 7) is 0.248. The number of carbonyl (C=O) groups excluding carboxylic acids is 2. The zero-order chi connectivity index (χ0) is 23.2. The molecule has 9 heteroatoms. The monoisotopic (exact) mass is 460 g/mol. The SMILES string of the molecule is O=C1CC(c2ccc3c(c2)OCO3)N1C1(C(=O)NCc2ccc(C(F)(F)F)cc2)CCCC1. The molecule has 2 aromatic carbocycles. The number of likely N-dealkylation sites (tertiary alicyclic amines) is 1. The van der Waals surface area contributed by atoms with E-state index in [1.807, 2.05) is 18.2 Å². The number of nitrogens with zero attached hydrogens (tertiary/aromatic N) is 1. The topological polar surface area (TPSA) is 67.9 Å². The average molecular weight is 460 g/mol. The van der Waals surface area contributed by atoms with E-state index in [1.165, 1.54) is 12.1 Å². The zero-order valence-corrected chi connectivity index (χ0v) is 17.8. The summed E-state index contributed by atoms with van der Waals surface area (Å²) in [5.74, 6) is 0.933. The van der Waals surface area contributed by atoms with E-state index in [2.05, 4.69) is 5.32 Å². The van der Waals surface area contributed by atoms with E-state index >= 15 is 0 Å². The van der Waals surface area contributed by atoms with Crippen molar-refractivity contribution in [3.8, 4) is 11.5 Å². The normalized spacial score (nSPS) is 21.1. The first kappa shape index (κ1) is 21.6. The molecule has 1 aliphatic carbocycles. The van der Waals surface area contributed by atoms with Crippen LogP contribution in [0.1, 0.15) is 54.8 Å². The van der Waals surface area contributed by atoms with Gasteiger partial charge in [0, 0.05) is 6.54 Å². The number of halogens is 3. The van der Waals surface area contributed by atoms with Gasteiger partial charge < -0.3 is 19.7 Å². The molecule has 2 fully saturated rings. The maximum Gasteiger partial charge on any atom is 0.416 e. The molecule has 1 saturated carbocycles. The van der Waals surface area contributed by atoms with E-state index < -0.39 is 17.3 Å². The number of nitrogens with one attached hydrogen (secondary N) is 1. The molecule has 1 N–H and O–H groups in total. The Bertz CT molecular complexity index is 1080. The minimum absolute atomic E-state index is 0.0794. The molecule has 0 spiro atoms. The standard InChI is InChI=1S/C24H23F3N2O4/c25-24(26,27)17-6-3-15(4-7-17)13-28-22(31)23(9-1-2-10-23)29-18(12-21(29)30)16-5-8-19-20(11-16)33-14-32-19/h3-8,11,18H,1-2,9-10,12-14H2,(H,28,31). The van der Waals surface area contributed by atoms with E-state index in [4.69, 9.17) is 9.47 Å². The molecule has 2 heterocycles. The second-order valence-electron chi connectivity index (χ2n) is 8.71. The van der Waals surface area contributed by atoms with Gasteiger partial charge in [0.15, 0.2) is 11.5 Å². The van der Waals surface area contributed by atoms with Crippen LogP contribution in [0.5, 0.6) is 11.5 Å². The number of rotatable bonds is 5. The first-order chi connectivity index (χ1) is 15.8. The number of ether oxygens (including phenoxy) is 2. The van der Waals surface area contributed by atoms with Crippen LogP contribution in [-0.4, -0.2) is 29.0 Å². The summed E-state index contributed by atoms with van der Waals surface area (Å²) in [7, 11) is 0. The van der Waals surface area contributed by atoms with Crippen LogP contribution in [0.15, 0.2) is 42.5 Å². The number of β-lactam (4-membered cyclic amide) rings is 1. The third-order valence-corrected chi connectivity index (χ3v) is 6.78. The summed E-state index contributed by atoms with van der Waals surface area (Å²) < 4.78 is 49.2. The van der Waals surface area contributed by atoms with Crippen molar-refractivity contribution in [1.82, 2.24) is 10.2 Å². The molecule has 2 aliphatic heterocycles. The Kier molecular flexibility index (Phi) is 5.22. The summed E-state index contributed by atoms with van der Waals surface area (Å²) >= 11 is 0. The fourth-order valence-electron chi connectivity index (χ4n) is 5.04. The minimum Gasteiger partial charge on any atom is -0.454 e. The van der Waals surface area contributed by atoms with Crippen molar-refractivity contribution in [3.05, 3.63) is 59.2 Å². The number of alkyl halides is 3. The lowest BCUT2D eigenvalue weighted by Crippen LogP contribution is -2.65. The van der Waals surface area contributed by atoms with E-state index in [9.17, 15) is 22.8 Å². The van der Waals surface area contributed by atoms with Crippen LogP contribution in [0.4, 0.5) is 13.2 Å². The Balaban J connectivity index is 1.33. The van der Waals surface area contributed by atoms with Gasteiger partial charge in [-0.3, -0.25) is 9.59 Å². The minimum atomic E-state index is -4.41. The van der Waals surface area contributed by atoms with Crippen LogP contribution in [0.3, 0.4) is 0 Å². The van der Waals surface area contributed by atoms with Crippen molar-refractivity contribution in [3.63, 3.8) is 0 Å². The lowest BCUT2D eigenvalue weighted by Gasteiger charge is -2.51. The summed E-state index contributed by atoms with van der Waals surface area (Å²) in [4.78, 5) is 27.8. The van der Waals surface area contributed by atoms with Crippen molar-refractivity contribution < 1.29 is 32.2 Å². The number of fused-ring (bicyclic) bond motifs is 1. The second kappa shape index (κ2) is 7.97. The average Bonchev–Trinajstić information content (AvgIpc) is 3.45. The van der Waals surface area contributed by atoms with Gasteiger partial charge in [0.05, 0.1) is 18.0 Å². The van der Waals surface area contributed by atoms with Crippen molar-refractivity contribution in [2.24, 2.45) is 0 Å². The van der Waals surface area contributed by atoms with Crippen molar-refractivity contribution in [1.29, 1.82) is 0 Å². The van der Waals surface area contributed by atoms with Crippen LogP contribution in [0.2, 0.25) is 0 Å². The summed E-state index contributed by atoms with van der Waals surface area (Å²) in [5.41, 5.74) is -0.238. The number of amides is 2. The van der Waals surface area contributed by atoms with Gasteiger partial charge in [-0.1, -0.05) is 31.0 Å². The third kappa shape index (κ3) is 3.79. The molecule has 3 aliphatic rings. The quantitative estimate of drug-likeness (QED) is 0.675. The molecule has 1 saturated heterocycles. The Hall–Kier alpha value is -3.23. The molecule has 6 nitrogen and oxygen atoms in total. The first-order valence-corrected chi connectivity index (χ1v) is 10.9. The zero-order valence-electron chi connectivity index (χ0n) is 17.8. The molecule has 0 aromatic heterocycles. The predicted octanol–water partition coefficient (Wildman–Crippen LogP) is 4.34. The lowest BCUT2D eigenvalue weighted by molar-refractivity contribution is -0.165. The van der Waals surface area contributed by atoms with Crippen LogP contribution < -0.4 is 14.8 Å².